The number of ether oxygens (including phenoxy) is 1. The average molecular weight is 356 g/mol. The molecule has 1 heterocycles. The van der Waals surface area contributed by atoms with E-state index in [1.54, 1.807) is 6.07 Å². The lowest BCUT2D eigenvalue weighted by molar-refractivity contribution is 0.0849. The van der Waals surface area contributed by atoms with Crippen LogP contribution in [-0.4, -0.2) is 5.78 Å². The van der Waals surface area contributed by atoms with Gasteiger partial charge in [0, 0.05) is 4.47 Å². The average Bonchev–Trinajstić information content (AvgIpc) is 2.42. The van der Waals surface area contributed by atoms with Crippen molar-refractivity contribution in [1.82, 2.24) is 0 Å². The number of halogens is 3. The first kappa shape index (κ1) is 13.6. The third-order valence-corrected chi connectivity index (χ3v) is 4.43. The van der Waals surface area contributed by atoms with Crippen LogP contribution in [0.5, 0.6) is 5.75 Å². The molecule has 0 saturated heterocycles. The number of ketones is 1. The van der Waals surface area contributed by atoms with Crippen LogP contribution < -0.4 is 4.74 Å². The zero-order chi connectivity index (χ0) is 14.3. The van der Waals surface area contributed by atoms with Gasteiger partial charge in [-0.15, -0.1) is 0 Å². The van der Waals surface area contributed by atoms with Crippen molar-refractivity contribution >= 4 is 33.3 Å². The van der Waals surface area contributed by atoms with Gasteiger partial charge in [-0.3, -0.25) is 4.79 Å². The van der Waals surface area contributed by atoms with Crippen molar-refractivity contribution in [3.05, 3.63) is 62.8 Å². The monoisotopic (exact) mass is 354 g/mol. The molecule has 2 nitrogen and oxygen atoms in total. The molecule has 1 atom stereocenters. The van der Waals surface area contributed by atoms with Gasteiger partial charge in [0.2, 0.25) is 0 Å². The Labute approximate surface area is 128 Å². The smallest absolute Gasteiger partial charge is 0.170 e. The molecule has 0 saturated carbocycles. The van der Waals surface area contributed by atoms with E-state index in [0.29, 0.717) is 16.3 Å². The Morgan fingerprint density at radius 3 is 2.80 bits per heavy atom. The fourth-order valence-corrected chi connectivity index (χ4v) is 2.63. The third kappa shape index (κ3) is 2.45. The fourth-order valence-electron chi connectivity index (χ4n) is 2.19. The highest BCUT2D eigenvalue weighted by Crippen LogP contribution is 2.36. The number of carbonyl (C=O) groups is 1. The van der Waals surface area contributed by atoms with Crippen LogP contribution in [0, 0.1) is 5.82 Å². The van der Waals surface area contributed by atoms with Gasteiger partial charge in [0.25, 0.3) is 0 Å². The second kappa shape index (κ2) is 5.19. The van der Waals surface area contributed by atoms with E-state index >= 15 is 0 Å². The molecule has 1 aliphatic heterocycles. The Bertz CT molecular complexity index is 702. The van der Waals surface area contributed by atoms with Gasteiger partial charge in [-0.1, -0.05) is 17.7 Å². The zero-order valence-corrected chi connectivity index (χ0v) is 12.5. The van der Waals surface area contributed by atoms with E-state index in [4.69, 9.17) is 16.3 Å². The highest BCUT2D eigenvalue weighted by molar-refractivity contribution is 9.10. The largest absolute Gasteiger partial charge is 0.484 e. The zero-order valence-electron chi connectivity index (χ0n) is 10.2. The molecule has 0 radical (unpaired) electrons. The molecule has 0 aromatic heterocycles. The maximum absolute atomic E-state index is 13.2. The van der Waals surface area contributed by atoms with Crippen LogP contribution in [0.1, 0.15) is 28.4 Å². The molecule has 0 bridgehead atoms. The molecule has 5 heteroatoms. The van der Waals surface area contributed by atoms with Crippen LogP contribution in [0.2, 0.25) is 5.02 Å². The minimum absolute atomic E-state index is 0.130. The van der Waals surface area contributed by atoms with E-state index < -0.39 is 11.9 Å². The van der Waals surface area contributed by atoms with Crippen LogP contribution >= 0.6 is 27.5 Å². The lowest BCUT2D eigenvalue weighted by Crippen LogP contribution is -2.20. The van der Waals surface area contributed by atoms with E-state index in [1.807, 2.05) is 12.1 Å². The van der Waals surface area contributed by atoms with Crippen LogP contribution in [0.4, 0.5) is 4.39 Å². The molecule has 102 valence electrons. The van der Waals surface area contributed by atoms with E-state index in [0.717, 1.165) is 10.0 Å². The molecule has 1 unspecified atom stereocenters. The molecule has 0 aliphatic carbocycles. The van der Waals surface area contributed by atoms with Gasteiger partial charge in [0.1, 0.15) is 17.7 Å². The quantitative estimate of drug-likeness (QED) is 0.723. The summed E-state index contributed by atoms with van der Waals surface area (Å²) in [6.07, 6.45) is -0.222. The van der Waals surface area contributed by atoms with Crippen LogP contribution in [0.25, 0.3) is 0 Å². The number of hydrogen-bond donors (Lipinski definition) is 0. The Hall–Kier alpha value is -1.39. The van der Waals surface area contributed by atoms with Gasteiger partial charge in [-0.25, -0.2) is 4.39 Å². The molecule has 2 aromatic carbocycles. The number of rotatable bonds is 1. The molecule has 0 fully saturated rings. The number of Topliss-reactive ketones (excluding diaryl/α,β-unsaturated/α-hetero) is 1. The first-order chi connectivity index (χ1) is 9.54. The Balaban J connectivity index is 1.97. The maximum atomic E-state index is 13.2. The van der Waals surface area contributed by atoms with Crippen molar-refractivity contribution in [2.75, 3.05) is 0 Å². The number of benzene rings is 2. The first-order valence-corrected chi connectivity index (χ1v) is 7.16. The van der Waals surface area contributed by atoms with Gasteiger partial charge in [-0.2, -0.15) is 0 Å². The Morgan fingerprint density at radius 1 is 1.25 bits per heavy atom. The van der Waals surface area contributed by atoms with Crippen molar-refractivity contribution < 1.29 is 13.9 Å². The highest BCUT2D eigenvalue weighted by atomic mass is 79.9. The van der Waals surface area contributed by atoms with Gasteiger partial charge in [0.05, 0.1) is 17.0 Å². The standard InChI is InChI=1S/C15H9BrClFO2/c16-11-3-1-8(5-12(11)17)15-7-13(19)10-6-9(18)2-4-14(10)20-15/h1-6,15H,7H2. The number of hydrogen-bond acceptors (Lipinski definition) is 2. The van der Waals surface area contributed by atoms with E-state index in [9.17, 15) is 9.18 Å². The molecular weight excluding hydrogens is 347 g/mol. The summed E-state index contributed by atoms with van der Waals surface area (Å²) in [4.78, 5) is 12.1. The third-order valence-electron chi connectivity index (χ3n) is 3.20. The molecule has 0 N–H and O–H groups in total. The van der Waals surface area contributed by atoms with Gasteiger partial charge >= 0.3 is 0 Å². The van der Waals surface area contributed by atoms with Gasteiger partial charge in [0.15, 0.2) is 5.78 Å². The summed E-state index contributed by atoms with van der Waals surface area (Å²) >= 11 is 9.37. The summed E-state index contributed by atoms with van der Waals surface area (Å²) in [5.41, 5.74) is 1.12. The minimum atomic E-state index is -0.439. The van der Waals surface area contributed by atoms with Crippen molar-refractivity contribution in [2.45, 2.75) is 12.5 Å². The maximum Gasteiger partial charge on any atom is 0.170 e. The molecule has 0 spiro atoms. The molecule has 2 aromatic rings. The molecule has 1 aliphatic rings. The highest BCUT2D eigenvalue weighted by Gasteiger charge is 2.28. The minimum Gasteiger partial charge on any atom is -0.484 e. The summed E-state index contributed by atoms with van der Waals surface area (Å²) in [6.45, 7) is 0. The summed E-state index contributed by atoms with van der Waals surface area (Å²) in [5, 5.41) is 0.559. The van der Waals surface area contributed by atoms with Crippen molar-refractivity contribution in [3.8, 4) is 5.75 Å². The first-order valence-electron chi connectivity index (χ1n) is 5.99. The second-order valence-electron chi connectivity index (χ2n) is 4.55. The summed E-state index contributed by atoms with van der Waals surface area (Å²) in [7, 11) is 0. The topological polar surface area (TPSA) is 26.3 Å². The van der Waals surface area contributed by atoms with Crippen molar-refractivity contribution in [3.63, 3.8) is 0 Å². The Morgan fingerprint density at radius 2 is 2.05 bits per heavy atom. The van der Waals surface area contributed by atoms with E-state index in [2.05, 4.69) is 15.9 Å². The van der Waals surface area contributed by atoms with Crippen molar-refractivity contribution in [2.24, 2.45) is 0 Å². The lowest BCUT2D eigenvalue weighted by Gasteiger charge is -2.25. The fraction of sp³-hybridized carbons (Fsp3) is 0.133. The molecule has 20 heavy (non-hydrogen) atoms. The van der Waals surface area contributed by atoms with Gasteiger partial charge < -0.3 is 4.74 Å². The lowest BCUT2D eigenvalue weighted by atomic mass is 9.96. The van der Waals surface area contributed by atoms with E-state index in [1.165, 1.54) is 18.2 Å². The summed E-state index contributed by atoms with van der Waals surface area (Å²) in [5.74, 6) is -0.160. The molecule has 0 amide bonds. The van der Waals surface area contributed by atoms with Crippen molar-refractivity contribution in [1.29, 1.82) is 0 Å². The number of carbonyl (C=O) groups excluding carboxylic acids is 1. The number of fused-ring (bicyclic) bond motifs is 1. The van der Waals surface area contributed by atoms with Crippen LogP contribution in [0.15, 0.2) is 40.9 Å². The Kier molecular flexibility index (Phi) is 3.52. The molecule has 3 rings (SSSR count). The second-order valence-corrected chi connectivity index (χ2v) is 5.81. The summed E-state index contributed by atoms with van der Waals surface area (Å²) in [6, 6.07) is 9.40. The van der Waals surface area contributed by atoms with Crippen LogP contribution in [-0.2, 0) is 0 Å². The van der Waals surface area contributed by atoms with Crippen LogP contribution in [0.3, 0.4) is 0 Å². The van der Waals surface area contributed by atoms with E-state index in [-0.39, 0.29) is 12.2 Å². The SMILES string of the molecule is O=C1CC(c2ccc(Br)c(Cl)c2)Oc2ccc(F)cc21. The normalized spacial score (nSPS) is 17.6. The molecular formula is C15H9BrClFO2. The van der Waals surface area contributed by atoms with Gasteiger partial charge in [-0.05, 0) is 51.8 Å². The predicted molar refractivity (Wildman–Crippen MR) is 77.9 cm³/mol. The predicted octanol–water partition coefficient (Wildman–Crippen LogP) is 4.95. The summed E-state index contributed by atoms with van der Waals surface area (Å²) < 4.78 is 19.7.